The monoisotopic (exact) mass is 236 g/mol. The summed E-state index contributed by atoms with van der Waals surface area (Å²) in [5.41, 5.74) is 0.637. The maximum atomic E-state index is 2.66. The van der Waals surface area contributed by atoms with Crippen molar-refractivity contribution in [2.45, 2.75) is 52.6 Å². The molecule has 1 aliphatic heterocycles. The second kappa shape index (κ2) is 3.35. The van der Waals surface area contributed by atoms with Crippen LogP contribution in [0.15, 0.2) is 0 Å². The van der Waals surface area contributed by atoms with Gasteiger partial charge in [-0.25, -0.2) is 8.15 Å². The summed E-state index contributed by atoms with van der Waals surface area (Å²) in [5.74, 6) is 0. The predicted octanol–water partition coefficient (Wildman–Crippen LogP) is 3.60. The van der Waals surface area contributed by atoms with Gasteiger partial charge >= 0.3 is 0 Å². The van der Waals surface area contributed by atoms with Crippen LogP contribution in [0, 0.1) is 0 Å². The van der Waals surface area contributed by atoms with E-state index < -0.39 is 10.4 Å². The third-order valence-electron chi connectivity index (χ3n) is 2.29. The van der Waals surface area contributed by atoms with E-state index in [9.17, 15) is 0 Å². The van der Waals surface area contributed by atoms with Gasteiger partial charge in [-0.3, -0.25) is 0 Å². The zero-order chi connectivity index (χ0) is 11.4. The minimum Gasteiger partial charge on any atom is -0.217 e. The molecule has 0 atom stereocenters. The summed E-state index contributed by atoms with van der Waals surface area (Å²) in [6, 6.07) is 0. The molecule has 0 aromatic carbocycles. The highest BCUT2D eigenvalue weighted by Gasteiger charge is 2.50. The molecule has 0 aromatic rings. The smallest absolute Gasteiger partial charge is 0.0447 e. The van der Waals surface area contributed by atoms with Crippen molar-refractivity contribution < 1.29 is 0 Å². The van der Waals surface area contributed by atoms with Gasteiger partial charge in [0.1, 0.15) is 0 Å². The summed E-state index contributed by atoms with van der Waals surface area (Å²) in [7, 11) is 0.162. The lowest BCUT2D eigenvalue weighted by Gasteiger charge is -2.68. The lowest BCUT2D eigenvalue weighted by Crippen LogP contribution is -2.56. The maximum Gasteiger partial charge on any atom is 0.0447 e. The van der Waals surface area contributed by atoms with Crippen molar-refractivity contribution in [3.8, 4) is 0 Å². The Hall–Kier alpha value is 0.700. The molecule has 0 saturated carbocycles. The molecule has 1 aliphatic rings. The molecule has 0 spiro atoms. The van der Waals surface area contributed by atoms with Crippen LogP contribution in [0.1, 0.15) is 41.5 Å². The Morgan fingerprint density at radius 1 is 0.786 bits per heavy atom. The van der Waals surface area contributed by atoms with Gasteiger partial charge in [0.05, 0.1) is 0 Å². The van der Waals surface area contributed by atoms with Gasteiger partial charge in [-0.05, 0) is 54.1 Å². The third-order valence-corrected chi connectivity index (χ3v) is 10.1. The minimum absolute atomic E-state index is 0.318. The van der Waals surface area contributed by atoms with Crippen molar-refractivity contribution in [3.05, 3.63) is 0 Å². The van der Waals surface area contributed by atoms with E-state index in [1.807, 2.05) is 0 Å². The number of hydrogen-bond donors (Lipinski definition) is 0. The van der Waals surface area contributed by atoms with Crippen LogP contribution in [0.5, 0.6) is 0 Å². The summed E-state index contributed by atoms with van der Waals surface area (Å²) in [4.78, 5) is 0. The highest BCUT2D eigenvalue weighted by molar-refractivity contribution is 8.36. The Bertz CT molecular complexity index is 205. The standard InChI is InChI=1S/C10H25N2PS/c1-9(2,3)11-13-12(10(4,5)6)14(11,7)8/h13H,1-8H3. The predicted molar refractivity (Wildman–Crippen MR) is 70.9 cm³/mol. The van der Waals surface area contributed by atoms with Gasteiger partial charge in [0.25, 0.3) is 0 Å². The van der Waals surface area contributed by atoms with Crippen molar-refractivity contribution in [2.75, 3.05) is 12.5 Å². The Morgan fingerprint density at radius 2 is 1.07 bits per heavy atom. The summed E-state index contributed by atoms with van der Waals surface area (Å²) in [6.07, 6.45) is 4.81. The van der Waals surface area contributed by atoms with E-state index in [2.05, 4.69) is 62.2 Å². The van der Waals surface area contributed by atoms with Crippen LogP contribution in [-0.2, 0) is 0 Å². The summed E-state index contributed by atoms with van der Waals surface area (Å²) in [6.45, 7) is 13.9. The molecule has 1 heterocycles. The Balaban J connectivity index is 2.79. The lowest BCUT2D eigenvalue weighted by molar-refractivity contribution is 0.299. The number of rotatable bonds is 0. The molecule has 0 N–H and O–H groups in total. The molecule has 0 radical (unpaired) electrons. The van der Waals surface area contributed by atoms with Crippen LogP contribution < -0.4 is 0 Å². The zero-order valence-corrected chi connectivity index (χ0v) is 12.6. The molecular formula is C10H25N2PS. The van der Waals surface area contributed by atoms with E-state index in [0.29, 0.717) is 11.1 Å². The van der Waals surface area contributed by atoms with Gasteiger partial charge in [-0.2, -0.15) is 0 Å². The fourth-order valence-electron chi connectivity index (χ4n) is 1.97. The molecule has 2 nitrogen and oxygen atoms in total. The lowest BCUT2D eigenvalue weighted by atomic mass is 10.1. The first-order valence-electron chi connectivity index (χ1n) is 5.08. The van der Waals surface area contributed by atoms with Crippen molar-refractivity contribution >= 4 is 19.3 Å². The molecule has 1 fully saturated rings. The van der Waals surface area contributed by atoms with Crippen molar-refractivity contribution in [1.82, 2.24) is 8.15 Å². The Kier molecular flexibility index (Phi) is 3.05. The SMILES string of the molecule is CC(C)(C)N1PN(C(C)(C)C)S1(C)C. The summed E-state index contributed by atoms with van der Waals surface area (Å²) < 4.78 is 5.32. The van der Waals surface area contributed by atoms with Crippen LogP contribution in [0.3, 0.4) is 0 Å². The Morgan fingerprint density at radius 3 is 1.21 bits per heavy atom. The number of nitrogens with zero attached hydrogens (tertiary/aromatic N) is 2. The molecule has 0 bridgehead atoms. The van der Waals surface area contributed by atoms with E-state index in [1.165, 1.54) is 0 Å². The first-order chi connectivity index (χ1) is 5.97. The summed E-state index contributed by atoms with van der Waals surface area (Å²) >= 11 is 0. The van der Waals surface area contributed by atoms with E-state index in [0.717, 1.165) is 8.88 Å². The second-order valence-corrected chi connectivity index (χ2v) is 11.2. The highest BCUT2D eigenvalue weighted by atomic mass is 32.3. The van der Waals surface area contributed by atoms with Gasteiger partial charge in [0, 0.05) is 20.0 Å². The fourth-order valence-corrected chi connectivity index (χ4v) is 7.63. The molecule has 0 unspecified atom stereocenters. The molecule has 0 amide bonds. The fraction of sp³-hybridized carbons (Fsp3) is 1.00. The van der Waals surface area contributed by atoms with Crippen LogP contribution >= 0.6 is 19.3 Å². The van der Waals surface area contributed by atoms with Gasteiger partial charge in [-0.15, -0.1) is 10.4 Å². The van der Waals surface area contributed by atoms with Crippen molar-refractivity contribution in [3.63, 3.8) is 0 Å². The van der Waals surface area contributed by atoms with E-state index >= 15 is 0 Å². The second-order valence-electron chi connectivity index (χ2n) is 6.25. The largest absolute Gasteiger partial charge is 0.217 e. The van der Waals surface area contributed by atoms with Crippen LogP contribution in [0.2, 0.25) is 0 Å². The van der Waals surface area contributed by atoms with Gasteiger partial charge in [0.2, 0.25) is 0 Å². The molecule has 14 heavy (non-hydrogen) atoms. The minimum atomic E-state index is -0.699. The van der Waals surface area contributed by atoms with Crippen molar-refractivity contribution in [1.29, 1.82) is 0 Å². The first kappa shape index (κ1) is 12.8. The third kappa shape index (κ3) is 2.11. The molecule has 86 valence electrons. The average molecular weight is 236 g/mol. The van der Waals surface area contributed by atoms with Crippen LogP contribution in [0.4, 0.5) is 0 Å². The van der Waals surface area contributed by atoms with E-state index in [-0.39, 0.29) is 0 Å². The van der Waals surface area contributed by atoms with Crippen molar-refractivity contribution in [2.24, 2.45) is 0 Å². The quantitative estimate of drug-likeness (QED) is 0.593. The topological polar surface area (TPSA) is 6.48 Å². The highest BCUT2D eigenvalue weighted by Crippen LogP contribution is 2.74. The first-order valence-corrected chi connectivity index (χ1v) is 8.33. The molecule has 1 saturated heterocycles. The van der Waals surface area contributed by atoms with Crippen LogP contribution in [-0.4, -0.2) is 31.7 Å². The van der Waals surface area contributed by atoms with Gasteiger partial charge < -0.3 is 0 Å². The maximum absolute atomic E-state index is 2.66. The molecule has 4 heteroatoms. The molecule has 1 rings (SSSR count). The number of hydrogen-bond acceptors (Lipinski definition) is 2. The van der Waals surface area contributed by atoms with E-state index in [1.54, 1.807) is 0 Å². The van der Waals surface area contributed by atoms with E-state index in [4.69, 9.17) is 0 Å². The Labute approximate surface area is 92.9 Å². The normalized spacial score (nSPS) is 27.1. The average Bonchev–Trinajstić information content (AvgIpc) is 1.77. The molecule has 0 aliphatic carbocycles. The molecular weight excluding hydrogens is 211 g/mol. The van der Waals surface area contributed by atoms with Crippen LogP contribution in [0.25, 0.3) is 0 Å². The zero-order valence-electron chi connectivity index (χ0n) is 10.8. The summed E-state index contributed by atoms with van der Waals surface area (Å²) in [5, 5.41) is 0. The molecule has 0 aromatic heterocycles. The van der Waals surface area contributed by atoms with Gasteiger partial charge in [-0.1, -0.05) is 0 Å². The van der Waals surface area contributed by atoms with Gasteiger partial charge in [0.15, 0.2) is 0 Å².